The van der Waals surface area contributed by atoms with Gasteiger partial charge >= 0.3 is 5.97 Å². The molecule has 5 N–H and O–H groups in total. The van der Waals surface area contributed by atoms with Crippen molar-refractivity contribution in [3.05, 3.63) is 42.0 Å². The molecule has 11 heteroatoms. The van der Waals surface area contributed by atoms with Crippen LogP contribution in [0.2, 0.25) is 0 Å². The first-order valence-electron chi connectivity index (χ1n) is 17.6. The van der Waals surface area contributed by atoms with Gasteiger partial charge in [-0.3, -0.25) is 14.4 Å². The molecule has 0 aliphatic heterocycles. The highest BCUT2D eigenvalue weighted by Gasteiger charge is 2.47. The van der Waals surface area contributed by atoms with Gasteiger partial charge in [0.15, 0.2) is 5.60 Å². The fourth-order valence-corrected chi connectivity index (χ4v) is 5.26. The van der Waals surface area contributed by atoms with Crippen molar-refractivity contribution >= 4 is 23.6 Å². The van der Waals surface area contributed by atoms with E-state index in [-0.39, 0.29) is 39.2 Å². The first-order chi connectivity index (χ1) is 23.6. The molecule has 2 amide bonds. The van der Waals surface area contributed by atoms with Gasteiger partial charge in [-0.05, 0) is 50.3 Å². The van der Waals surface area contributed by atoms with E-state index in [1.807, 2.05) is 0 Å². The third-order valence-corrected chi connectivity index (χ3v) is 8.21. The number of ether oxygens (including phenoxy) is 2. The zero-order valence-corrected chi connectivity index (χ0v) is 29.6. The number of ketones is 1. The number of Topliss-reactive ketones (excluding diaryl/α,β-unsaturated/α-hetero) is 1. The van der Waals surface area contributed by atoms with E-state index in [4.69, 9.17) is 9.47 Å². The topological polar surface area (TPSA) is 171 Å². The van der Waals surface area contributed by atoms with E-state index in [0.29, 0.717) is 36.4 Å². The summed E-state index contributed by atoms with van der Waals surface area (Å²) >= 11 is 0. The van der Waals surface area contributed by atoms with Gasteiger partial charge in [-0.15, -0.1) is 5.92 Å². The average molecular weight is 687 g/mol. The lowest BCUT2D eigenvalue weighted by Gasteiger charge is -2.31. The van der Waals surface area contributed by atoms with Crippen molar-refractivity contribution < 1.29 is 44.0 Å². The summed E-state index contributed by atoms with van der Waals surface area (Å²) in [6.07, 6.45) is 13.5. The van der Waals surface area contributed by atoms with E-state index in [1.54, 1.807) is 37.3 Å². The number of carbonyl (C=O) groups excluding carboxylic acids is 3. The molecule has 0 spiro atoms. The van der Waals surface area contributed by atoms with Crippen LogP contribution in [0.15, 0.2) is 36.4 Å². The van der Waals surface area contributed by atoms with Gasteiger partial charge in [0.1, 0.15) is 24.2 Å². The number of unbranched alkanes of at least 4 members (excludes halogenated alkanes) is 8. The zero-order valence-electron chi connectivity index (χ0n) is 29.6. The Labute approximate surface area is 292 Å². The van der Waals surface area contributed by atoms with Crippen molar-refractivity contribution in [1.82, 2.24) is 10.6 Å². The SMILES string of the molecule is CC#CCOc1ccc(C[C@H](NC(=O)[C@@H](/C=C/CCCCCCC(=O)CCCCCCC)[C@@](O)(CCOC)C(=O)O)C(=O)NCCO)cc1. The summed E-state index contributed by atoms with van der Waals surface area (Å²) in [4.78, 5) is 51.3. The zero-order chi connectivity index (χ0) is 36.3. The second-order valence-corrected chi connectivity index (χ2v) is 12.2. The first kappa shape index (κ1) is 43.3. The van der Waals surface area contributed by atoms with Crippen LogP contribution < -0.4 is 15.4 Å². The van der Waals surface area contributed by atoms with E-state index in [0.717, 1.165) is 38.5 Å². The standard InChI is InChI=1S/C38H58N2O9/c1-4-6-8-11-14-17-31(42)18-15-12-9-10-13-16-19-33(38(47,37(45)46)24-28-48-3)35(43)40-34(36(44)39-25-26-41)29-30-20-22-32(23-21-30)49-27-7-5-2/h16,19-23,33-34,41,47H,4,6,8-15,17-18,24-29H2,1-3H3,(H,39,44)(H,40,43)(H,45,46)/b19-16+/t33-,34+,38+/m1/s1. The number of carboxylic acids is 1. The Balaban J connectivity index is 2.95. The Morgan fingerprint density at radius 2 is 1.61 bits per heavy atom. The molecule has 0 aliphatic carbocycles. The molecule has 0 bridgehead atoms. The Kier molecular flexibility index (Phi) is 23.1. The number of hydrogen-bond acceptors (Lipinski definition) is 8. The fraction of sp³-hybridized carbons (Fsp3) is 0.632. The number of benzene rings is 1. The van der Waals surface area contributed by atoms with Gasteiger partial charge in [0.2, 0.25) is 11.8 Å². The summed E-state index contributed by atoms with van der Waals surface area (Å²) in [5, 5.41) is 35.8. The number of carboxylic acid groups (broad SMARTS) is 1. The number of aliphatic hydroxyl groups is 2. The lowest BCUT2D eigenvalue weighted by atomic mass is 9.83. The minimum Gasteiger partial charge on any atom is -0.481 e. The van der Waals surface area contributed by atoms with Crippen molar-refractivity contribution in [3.8, 4) is 17.6 Å². The van der Waals surface area contributed by atoms with Gasteiger partial charge in [0, 0.05) is 45.9 Å². The number of rotatable bonds is 28. The van der Waals surface area contributed by atoms with Crippen LogP contribution in [-0.4, -0.2) is 84.0 Å². The third-order valence-electron chi connectivity index (χ3n) is 8.21. The summed E-state index contributed by atoms with van der Waals surface area (Å²) in [6, 6.07) is 5.77. The van der Waals surface area contributed by atoms with Crippen molar-refractivity contribution in [2.45, 2.75) is 115 Å². The monoisotopic (exact) mass is 686 g/mol. The molecular formula is C38H58N2O9. The molecule has 0 saturated heterocycles. The Bertz CT molecular complexity index is 1210. The number of aliphatic carboxylic acids is 1. The first-order valence-corrected chi connectivity index (χ1v) is 17.6. The fourth-order valence-electron chi connectivity index (χ4n) is 5.26. The lowest BCUT2D eigenvalue weighted by Crippen LogP contribution is -2.56. The van der Waals surface area contributed by atoms with E-state index in [1.165, 1.54) is 32.4 Å². The summed E-state index contributed by atoms with van der Waals surface area (Å²) < 4.78 is 10.6. The van der Waals surface area contributed by atoms with Crippen molar-refractivity contribution in [3.63, 3.8) is 0 Å². The molecular weight excluding hydrogens is 628 g/mol. The highest BCUT2D eigenvalue weighted by Crippen LogP contribution is 2.26. The smallest absolute Gasteiger partial charge is 0.336 e. The highest BCUT2D eigenvalue weighted by molar-refractivity contribution is 5.93. The van der Waals surface area contributed by atoms with Gasteiger partial charge in [0.25, 0.3) is 0 Å². The molecule has 1 aromatic carbocycles. The molecule has 0 radical (unpaired) electrons. The van der Waals surface area contributed by atoms with Crippen LogP contribution in [-0.2, 0) is 30.3 Å². The molecule has 274 valence electrons. The maximum atomic E-state index is 13.7. The molecule has 1 rings (SSSR count). The quantitative estimate of drug-likeness (QED) is 0.0483. The van der Waals surface area contributed by atoms with Crippen LogP contribution in [0.5, 0.6) is 5.75 Å². The number of methoxy groups -OCH3 is 1. The number of aliphatic hydroxyl groups excluding tert-OH is 1. The highest BCUT2D eigenvalue weighted by atomic mass is 16.5. The summed E-state index contributed by atoms with van der Waals surface area (Å²) in [7, 11) is 1.36. The van der Waals surface area contributed by atoms with Crippen molar-refractivity contribution in [1.29, 1.82) is 0 Å². The number of nitrogens with one attached hydrogen (secondary N) is 2. The van der Waals surface area contributed by atoms with Crippen LogP contribution in [0.25, 0.3) is 0 Å². The van der Waals surface area contributed by atoms with E-state index >= 15 is 0 Å². The maximum absolute atomic E-state index is 13.7. The minimum absolute atomic E-state index is 0.0418. The predicted octanol–water partition coefficient (Wildman–Crippen LogP) is 4.52. The Morgan fingerprint density at radius 1 is 0.959 bits per heavy atom. The van der Waals surface area contributed by atoms with Crippen LogP contribution in [0.4, 0.5) is 0 Å². The molecule has 1 aromatic rings. The molecule has 0 aromatic heterocycles. The normalized spacial score (nSPS) is 13.5. The largest absolute Gasteiger partial charge is 0.481 e. The van der Waals surface area contributed by atoms with Gasteiger partial charge in [-0.25, -0.2) is 4.79 Å². The summed E-state index contributed by atoms with van der Waals surface area (Å²) in [6.45, 7) is 3.64. The van der Waals surface area contributed by atoms with E-state index < -0.39 is 35.3 Å². The average Bonchev–Trinajstić information content (AvgIpc) is 3.09. The van der Waals surface area contributed by atoms with Gasteiger partial charge in [0.05, 0.1) is 12.5 Å². The summed E-state index contributed by atoms with van der Waals surface area (Å²) in [5.74, 6) is 1.90. The molecule has 11 nitrogen and oxygen atoms in total. The number of allylic oxidation sites excluding steroid dienone is 1. The molecule has 3 atom stereocenters. The van der Waals surface area contributed by atoms with Gasteiger partial charge < -0.3 is 35.4 Å². The van der Waals surface area contributed by atoms with Gasteiger partial charge in [-0.2, -0.15) is 0 Å². The van der Waals surface area contributed by atoms with E-state index in [9.17, 15) is 34.5 Å². The molecule has 0 unspecified atom stereocenters. The summed E-state index contributed by atoms with van der Waals surface area (Å²) in [5.41, 5.74) is -1.81. The molecule has 0 heterocycles. The Morgan fingerprint density at radius 3 is 2.20 bits per heavy atom. The Hall–Kier alpha value is -3.72. The van der Waals surface area contributed by atoms with Crippen LogP contribution in [0.1, 0.15) is 103 Å². The van der Waals surface area contributed by atoms with Crippen LogP contribution >= 0.6 is 0 Å². The number of carbonyl (C=O) groups is 4. The van der Waals surface area contributed by atoms with E-state index in [2.05, 4.69) is 29.4 Å². The molecule has 49 heavy (non-hydrogen) atoms. The van der Waals surface area contributed by atoms with Crippen LogP contribution in [0.3, 0.4) is 0 Å². The molecule has 0 fully saturated rings. The molecule has 0 aliphatic rings. The third kappa shape index (κ3) is 18.0. The number of amides is 2. The second kappa shape index (κ2) is 26.2. The lowest BCUT2D eigenvalue weighted by molar-refractivity contribution is -0.168. The number of hydrogen-bond donors (Lipinski definition) is 5. The van der Waals surface area contributed by atoms with Crippen LogP contribution in [0, 0.1) is 17.8 Å². The van der Waals surface area contributed by atoms with Gasteiger partial charge in [-0.1, -0.05) is 75.7 Å². The maximum Gasteiger partial charge on any atom is 0.336 e. The minimum atomic E-state index is -2.50. The molecule has 0 saturated carbocycles. The predicted molar refractivity (Wildman–Crippen MR) is 189 cm³/mol. The van der Waals surface area contributed by atoms with Crippen molar-refractivity contribution in [2.75, 3.05) is 33.5 Å². The second-order valence-electron chi connectivity index (χ2n) is 12.2. The van der Waals surface area contributed by atoms with Crippen molar-refractivity contribution in [2.24, 2.45) is 5.92 Å².